The maximum atomic E-state index is 10.9. The molecule has 0 aliphatic heterocycles. The molecule has 1 saturated carbocycles. The predicted octanol–water partition coefficient (Wildman–Crippen LogP) is 3.38. The van der Waals surface area contributed by atoms with Crippen LogP contribution in [-0.2, 0) is 4.79 Å². The molecule has 146 valence electrons. The summed E-state index contributed by atoms with van der Waals surface area (Å²) in [7, 11) is 0. The number of hydrogen-bond donors (Lipinski definition) is 2. The molecule has 2 heterocycles. The van der Waals surface area contributed by atoms with Crippen molar-refractivity contribution in [3.8, 4) is 23.0 Å². The summed E-state index contributed by atoms with van der Waals surface area (Å²) in [5.41, 5.74) is 4.49. The summed E-state index contributed by atoms with van der Waals surface area (Å²) in [6.07, 6.45) is 3.68. The van der Waals surface area contributed by atoms with Gasteiger partial charge in [-0.2, -0.15) is 4.98 Å². The highest BCUT2D eigenvalue weighted by atomic mass is 16.5. The average Bonchev–Trinajstić information content (AvgIpc) is 3.03. The lowest BCUT2D eigenvalue weighted by Crippen LogP contribution is -2.25. The molecule has 2 N–H and O–H groups in total. The molecule has 1 fully saturated rings. The number of pyridine rings is 1. The van der Waals surface area contributed by atoms with E-state index in [4.69, 9.17) is 14.5 Å². The maximum absolute atomic E-state index is 10.9. The van der Waals surface area contributed by atoms with E-state index in [9.17, 15) is 4.79 Å². The van der Waals surface area contributed by atoms with Gasteiger partial charge < -0.3 is 19.8 Å². The molecule has 0 radical (unpaired) electrons. The topological polar surface area (TPSA) is 89.1 Å². The van der Waals surface area contributed by atoms with Crippen molar-refractivity contribution >= 4 is 17.1 Å². The van der Waals surface area contributed by atoms with Crippen LogP contribution in [0.5, 0.6) is 11.8 Å². The summed E-state index contributed by atoms with van der Waals surface area (Å²) in [6, 6.07) is 10.4. The number of aromatic amines is 1. The smallest absolute Gasteiger partial charge is 0.296 e. The lowest BCUT2D eigenvalue weighted by molar-refractivity contribution is -0.119. The van der Waals surface area contributed by atoms with Gasteiger partial charge in [0.2, 0.25) is 5.91 Å². The first-order valence-electron chi connectivity index (χ1n) is 9.60. The molecule has 7 nitrogen and oxygen atoms in total. The molecule has 4 rings (SSSR count). The van der Waals surface area contributed by atoms with Crippen molar-refractivity contribution in [2.75, 3.05) is 13.2 Å². The Bertz CT molecular complexity index is 977. The maximum Gasteiger partial charge on any atom is 0.296 e. The molecule has 1 aliphatic carbocycles. The summed E-state index contributed by atoms with van der Waals surface area (Å²) in [5, 5.41) is 2.70. The number of carbonyl (C=O) groups excluding carboxylic acids is 1. The number of ether oxygens (including phenoxy) is 2. The third kappa shape index (κ3) is 4.08. The molecule has 1 aromatic carbocycles. The first-order chi connectivity index (χ1) is 13.6. The molecule has 0 bridgehead atoms. The van der Waals surface area contributed by atoms with Gasteiger partial charge in [0, 0.05) is 12.5 Å². The quantitative estimate of drug-likeness (QED) is 0.614. The van der Waals surface area contributed by atoms with Crippen LogP contribution >= 0.6 is 0 Å². The first kappa shape index (κ1) is 18.3. The molecule has 3 aromatic rings. The first-order valence-corrected chi connectivity index (χ1v) is 9.60. The fourth-order valence-corrected chi connectivity index (χ4v) is 3.12. The number of H-pyrrole nitrogens is 1. The van der Waals surface area contributed by atoms with Crippen molar-refractivity contribution in [3.05, 3.63) is 35.9 Å². The molecule has 0 saturated heterocycles. The normalized spacial score (nSPS) is 13.9. The summed E-state index contributed by atoms with van der Waals surface area (Å²) >= 11 is 0. The number of nitrogens with one attached hydrogen (secondary N) is 2. The average molecular weight is 380 g/mol. The Hall–Kier alpha value is -3.09. The fraction of sp³-hybridized carbons (Fsp3) is 0.381. The largest absolute Gasteiger partial charge is 0.492 e. The number of nitrogens with zero attached hydrogens (tertiary/aromatic N) is 2. The zero-order valence-electron chi connectivity index (χ0n) is 16.1. The number of amides is 1. The number of aryl methyl sites for hydroxylation is 1. The highest BCUT2D eigenvalue weighted by Crippen LogP contribution is 2.28. The van der Waals surface area contributed by atoms with Crippen molar-refractivity contribution < 1.29 is 14.3 Å². The van der Waals surface area contributed by atoms with Gasteiger partial charge in [-0.25, -0.2) is 4.98 Å². The third-order valence-corrected chi connectivity index (χ3v) is 4.85. The van der Waals surface area contributed by atoms with Crippen LogP contribution in [0.25, 0.3) is 22.4 Å². The van der Waals surface area contributed by atoms with E-state index in [1.165, 1.54) is 13.3 Å². The van der Waals surface area contributed by atoms with Crippen molar-refractivity contribution in [3.63, 3.8) is 0 Å². The van der Waals surface area contributed by atoms with Gasteiger partial charge in [-0.05, 0) is 62.1 Å². The van der Waals surface area contributed by atoms with Crippen LogP contribution in [0.3, 0.4) is 0 Å². The highest BCUT2D eigenvalue weighted by molar-refractivity contribution is 5.78. The van der Waals surface area contributed by atoms with Crippen molar-refractivity contribution in [2.24, 2.45) is 0 Å². The lowest BCUT2D eigenvalue weighted by atomic mass is 9.96. The molecule has 1 amide bonds. The molecule has 0 unspecified atom stereocenters. The molecule has 28 heavy (non-hydrogen) atoms. The van der Waals surface area contributed by atoms with Crippen LogP contribution in [0, 0.1) is 6.92 Å². The van der Waals surface area contributed by atoms with E-state index < -0.39 is 0 Å². The highest BCUT2D eigenvalue weighted by Gasteiger charge is 2.21. The Morgan fingerprint density at radius 3 is 2.71 bits per heavy atom. The van der Waals surface area contributed by atoms with E-state index in [-0.39, 0.29) is 12.0 Å². The van der Waals surface area contributed by atoms with Gasteiger partial charge in [0.05, 0.1) is 17.8 Å². The zero-order valence-corrected chi connectivity index (χ0v) is 16.1. The molecular formula is C21H24N4O3. The van der Waals surface area contributed by atoms with Crippen LogP contribution in [-0.4, -0.2) is 40.1 Å². The van der Waals surface area contributed by atoms with Crippen LogP contribution in [0.4, 0.5) is 0 Å². The molecular weight excluding hydrogens is 356 g/mol. The van der Waals surface area contributed by atoms with Crippen molar-refractivity contribution in [1.29, 1.82) is 0 Å². The standard InChI is InChI=1S/C21H24N4O3/c1-13-12-18-20(25-21(23-18)28-17-4-3-5-17)24-19(13)15-6-8-16(9-7-15)27-11-10-22-14(2)26/h6-9,12,17H,3-5,10-11H2,1-2H3,(H,22,26)(H,23,24,25). The number of fused-ring (bicyclic) bond motifs is 1. The Labute approximate surface area is 163 Å². The second kappa shape index (κ2) is 7.88. The molecule has 2 aromatic heterocycles. The minimum Gasteiger partial charge on any atom is -0.492 e. The second-order valence-corrected chi connectivity index (χ2v) is 7.09. The Balaban J connectivity index is 1.48. The van der Waals surface area contributed by atoms with Crippen LogP contribution in [0.1, 0.15) is 31.7 Å². The third-order valence-electron chi connectivity index (χ3n) is 4.85. The number of aromatic nitrogens is 3. The van der Waals surface area contributed by atoms with Crippen molar-refractivity contribution in [1.82, 2.24) is 20.3 Å². The lowest BCUT2D eigenvalue weighted by Gasteiger charge is -2.24. The molecule has 0 spiro atoms. The summed E-state index contributed by atoms with van der Waals surface area (Å²) in [6.45, 7) is 4.44. The Morgan fingerprint density at radius 2 is 2.04 bits per heavy atom. The van der Waals surface area contributed by atoms with Gasteiger partial charge in [-0.3, -0.25) is 4.79 Å². The van der Waals surface area contributed by atoms with E-state index >= 15 is 0 Å². The predicted molar refractivity (Wildman–Crippen MR) is 107 cm³/mol. The number of imidazole rings is 1. The van der Waals surface area contributed by atoms with Crippen LogP contribution in [0.15, 0.2) is 30.3 Å². The van der Waals surface area contributed by atoms with Gasteiger partial charge in [0.15, 0.2) is 5.65 Å². The number of benzene rings is 1. The minimum atomic E-state index is -0.0597. The van der Waals surface area contributed by atoms with Gasteiger partial charge in [-0.1, -0.05) is 0 Å². The van der Waals surface area contributed by atoms with E-state index in [2.05, 4.69) is 21.4 Å². The molecule has 1 aliphatic rings. The summed E-state index contributed by atoms with van der Waals surface area (Å²) < 4.78 is 11.5. The van der Waals surface area contributed by atoms with Crippen molar-refractivity contribution in [2.45, 2.75) is 39.2 Å². The fourth-order valence-electron chi connectivity index (χ4n) is 3.12. The molecule has 7 heteroatoms. The van der Waals surface area contributed by atoms with Crippen LogP contribution < -0.4 is 14.8 Å². The van der Waals surface area contributed by atoms with Crippen LogP contribution in [0.2, 0.25) is 0 Å². The Morgan fingerprint density at radius 1 is 1.25 bits per heavy atom. The second-order valence-electron chi connectivity index (χ2n) is 7.09. The minimum absolute atomic E-state index is 0.0597. The number of hydrogen-bond acceptors (Lipinski definition) is 5. The van der Waals surface area contributed by atoms with E-state index in [0.717, 1.165) is 40.9 Å². The summed E-state index contributed by atoms with van der Waals surface area (Å²) in [5.74, 6) is 0.694. The van der Waals surface area contributed by atoms with E-state index in [0.29, 0.717) is 24.8 Å². The van der Waals surface area contributed by atoms with Gasteiger partial charge in [0.1, 0.15) is 18.5 Å². The van der Waals surface area contributed by atoms with Gasteiger partial charge >= 0.3 is 0 Å². The van der Waals surface area contributed by atoms with E-state index in [1.807, 2.05) is 31.2 Å². The monoisotopic (exact) mass is 380 g/mol. The molecule has 0 atom stereocenters. The number of carbonyl (C=O) groups is 1. The Kier molecular flexibility index (Phi) is 5.14. The van der Waals surface area contributed by atoms with Gasteiger partial charge in [-0.15, -0.1) is 0 Å². The SMILES string of the molecule is CC(=O)NCCOc1ccc(-c2nc3nc(OC4CCC4)[nH]c3cc2C)cc1. The zero-order chi connectivity index (χ0) is 19.5. The van der Waals surface area contributed by atoms with Gasteiger partial charge in [0.25, 0.3) is 6.01 Å². The van der Waals surface area contributed by atoms with E-state index in [1.54, 1.807) is 0 Å². The number of rotatable bonds is 7. The summed E-state index contributed by atoms with van der Waals surface area (Å²) in [4.78, 5) is 23.3.